The molecule has 25 heavy (non-hydrogen) atoms. The van der Waals surface area contributed by atoms with E-state index in [9.17, 15) is 14.7 Å². The lowest BCUT2D eigenvalue weighted by atomic mass is 9.99. The molecule has 1 aliphatic heterocycles. The van der Waals surface area contributed by atoms with Gasteiger partial charge in [-0.1, -0.05) is 45.0 Å². The molecule has 2 N–H and O–H groups in total. The van der Waals surface area contributed by atoms with Crippen molar-refractivity contribution in [2.45, 2.75) is 40.2 Å². The van der Waals surface area contributed by atoms with Crippen molar-refractivity contribution in [2.24, 2.45) is 17.8 Å². The predicted molar refractivity (Wildman–Crippen MR) is 98.3 cm³/mol. The highest BCUT2D eigenvalue weighted by atomic mass is 16.4. The number of rotatable bonds is 7. The van der Waals surface area contributed by atoms with Crippen molar-refractivity contribution >= 4 is 11.9 Å². The third kappa shape index (κ3) is 5.56. The second kappa shape index (κ2) is 8.48. The van der Waals surface area contributed by atoms with Crippen molar-refractivity contribution in [3.05, 3.63) is 35.4 Å². The maximum Gasteiger partial charge on any atom is 0.308 e. The number of carboxylic acids is 1. The highest BCUT2D eigenvalue weighted by Crippen LogP contribution is 2.23. The molecule has 1 aromatic carbocycles. The van der Waals surface area contributed by atoms with E-state index < -0.39 is 5.97 Å². The Balaban J connectivity index is 1.85. The third-order valence-corrected chi connectivity index (χ3v) is 4.87. The van der Waals surface area contributed by atoms with E-state index in [1.165, 1.54) is 5.56 Å². The van der Waals surface area contributed by atoms with E-state index in [-0.39, 0.29) is 30.3 Å². The zero-order valence-corrected chi connectivity index (χ0v) is 15.7. The Morgan fingerprint density at radius 2 is 1.84 bits per heavy atom. The summed E-state index contributed by atoms with van der Waals surface area (Å²) in [5.74, 6) is -0.502. The van der Waals surface area contributed by atoms with Crippen LogP contribution in [-0.4, -0.2) is 41.5 Å². The number of carbonyl (C=O) groups excluding carboxylic acids is 1. The van der Waals surface area contributed by atoms with Gasteiger partial charge in [-0.3, -0.25) is 14.5 Å². The molecule has 0 spiro atoms. The topological polar surface area (TPSA) is 69.6 Å². The standard InChI is InChI=1S/C20H30N2O3/c1-13(2)9-16-5-7-17(8-6-16)15(4)21-19(23)12-22-10-14(3)18(11-22)20(24)25/h5-8,13-15,18H,9-12H2,1-4H3,(H,21,23)(H,24,25)/t14-,15?,18-/m1/s1. The van der Waals surface area contributed by atoms with E-state index in [4.69, 9.17) is 0 Å². The summed E-state index contributed by atoms with van der Waals surface area (Å²) in [5.41, 5.74) is 2.39. The monoisotopic (exact) mass is 346 g/mol. The largest absolute Gasteiger partial charge is 0.481 e. The van der Waals surface area contributed by atoms with Gasteiger partial charge in [-0.2, -0.15) is 0 Å². The molecule has 1 heterocycles. The molecule has 1 aromatic rings. The molecule has 5 nitrogen and oxygen atoms in total. The Kier molecular flexibility index (Phi) is 6.59. The van der Waals surface area contributed by atoms with Crippen LogP contribution in [0.5, 0.6) is 0 Å². The molecule has 0 aliphatic carbocycles. The fourth-order valence-corrected chi connectivity index (χ4v) is 3.51. The molecule has 1 fully saturated rings. The van der Waals surface area contributed by atoms with Gasteiger partial charge in [-0.05, 0) is 36.3 Å². The molecule has 5 heteroatoms. The van der Waals surface area contributed by atoms with Gasteiger partial charge in [0.15, 0.2) is 0 Å². The van der Waals surface area contributed by atoms with E-state index in [0.29, 0.717) is 19.0 Å². The molecule has 1 amide bonds. The van der Waals surface area contributed by atoms with Gasteiger partial charge >= 0.3 is 5.97 Å². The van der Waals surface area contributed by atoms with Gasteiger partial charge in [-0.25, -0.2) is 0 Å². The summed E-state index contributed by atoms with van der Waals surface area (Å²) >= 11 is 0. The van der Waals surface area contributed by atoms with Crippen LogP contribution in [0.25, 0.3) is 0 Å². The number of carbonyl (C=O) groups is 2. The first-order chi connectivity index (χ1) is 11.8. The van der Waals surface area contributed by atoms with E-state index in [2.05, 4.69) is 43.4 Å². The summed E-state index contributed by atoms with van der Waals surface area (Å²) in [7, 11) is 0. The molecule has 1 unspecified atom stereocenters. The molecule has 0 radical (unpaired) electrons. The molecule has 2 rings (SSSR count). The van der Waals surface area contributed by atoms with Crippen LogP contribution in [-0.2, 0) is 16.0 Å². The number of likely N-dealkylation sites (tertiary alicyclic amines) is 1. The molecule has 0 aromatic heterocycles. The van der Waals surface area contributed by atoms with Crippen LogP contribution in [0.3, 0.4) is 0 Å². The number of hydrogen-bond acceptors (Lipinski definition) is 3. The molecule has 0 saturated carbocycles. The first-order valence-corrected chi connectivity index (χ1v) is 9.09. The van der Waals surface area contributed by atoms with Crippen LogP contribution >= 0.6 is 0 Å². The van der Waals surface area contributed by atoms with Crippen molar-refractivity contribution in [2.75, 3.05) is 19.6 Å². The summed E-state index contributed by atoms with van der Waals surface area (Å²) in [6, 6.07) is 8.33. The lowest BCUT2D eigenvalue weighted by molar-refractivity contribution is -0.142. The van der Waals surface area contributed by atoms with Gasteiger partial charge in [0.2, 0.25) is 5.91 Å². The van der Waals surface area contributed by atoms with Crippen LogP contribution in [0, 0.1) is 17.8 Å². The van der Waals surface area contributed by atoms with Gasteiger partial charge in [0, 0.05) is 13.1 Å². The smallest absolute Gasteiger partial charge is 0.308 e. The lowest BCUT2D eigenvalue weighted by Gasteiger charge is -2.19. The predicted octanol–water partition coefficient (Wildman–Crippen LogP) is 2.71. The minimum atomic E-state index is -0.773. The molecule has 1 aliphatic rings. The van der Waals surface area contributed by atoms with Crippen molar-refractivity contribution in [1.82, 2.24) is 10.2 Å². The van der Waals surface area contributed by atoms with Crippen LogP contribution in [0.2, 0.25) is 0 Å². The third-order valence-electron chi connectivity index (χ3n) is 4.87. The average Bonchev–Trinajstić information content (AvgIpc) is 2.87. The number of aliphatic carboxylic acids is 1. The Bertz CT molecular complexity index is 597. The summed E-state index contributed by atoms with van der Waals surface area (Å²) < 4.78 is 0. The summed E-state index contributed by atoms with van der Waals surface area (Å²) in [6.07, 6.45) is 1.05. The Labute approximate surface area is 150 Å². The van der Waals surface area contributed by atoms with Crippen LogP contribution < -0.4 is 5.32 Å². The van der Waals surface area contributed by atoms with Crippen molar-refractivity contribution in [3.8, 4) is 0 Å². The minimum absolute atomic E-state index is 0.0583. The van der Waals surface area contributed by atoms with Crippen LogP contribution in [0.1, 0.15) is 44.9 Å². The second-order valence-electron chi connectivity index (χ2n) is 7.74. The minimum Gasteiger partial charge on any atom is -0.481 e. The lowest BCUT2D eigenvalue weighted by Crippen LogP contribution is -2.37. The van der Waals surface area contributed by atoms with Gasteiger partial charge in [0.05, 0.1) is 18.5 Å². The van der Waals surface area contributed by atoms with Gasteiger partial charge < -0.3 is 10.4 Å². The number of benzene rings is 1. The van der Waals surface area contributed by atoms with Crippen molar-refractivity contribution < 1.29 is 14.7 Å². The summed E-state index contributed by atoms with van der Waals surface area (Å²) in [4.78, 5) is 25.4. The van der Waals surface area contributed by atoms with Gasteiger partial charge in [0.25, 0.3) is 0 Å². The normalized spacial score (nSPS) is 22.1. The fourth-order valence-electron chi connectivity index (χ4n) is 3.51. The average molecular weight is 346 g/mol. The maximum atomic E-state index is 12.3. The number of amides is 1. The quantitative estimate of drug-likeness (QED) is 0.796. The zero-order chi connectivity index (χ0) is 18.6. The molecular weight excluding hydrogens is 316 g/mol. The Morgan fingerprint density at radius 3 is 2.36 bits per heavy atom. The van der Waals surface area contributed by atoms with Gasteiger partial charge in [-0.15, -0.1) is 0 Å². The van der Waals surface area contributed by atoms with E-state index in [1.807, 2.05) is 18.7 Å². The van der Waals surface area contributed by atoms with E-state index in [0.717, 1.165) is 12.0 Å². The van der Waals surface area contributed by atoms with Crippen molar-refractivity contribution in [1.29, 1.82) is 0 Å². The first kappa shape index (κ1) is 19.4. The highest BCUT2D eigenvalue weighted by molar-refractivity contribution is 5.79. The van der Waals surface area contributed by atoms with Crippen molar-refractivity contribution in [3.63, 3.8) is 0 Å². The summed E-state index contributed by atoms with van der Waals surface area (Å²) in [5, 5.41) is 12.2. The van der Waals surface area contributed by atoms with E-state index >= 15 is 0 Å². The number of carboxylic acid groups (broad SMARTS) is 1. The van der Waals surface area contributed by atoms with E-state index in [1.54, 1.807) is 0 Å². The maximum absolute atomic E-state index is 12.3. The Morgan fingerprint density at radius 1 is 1.20 bits per heavy atom. The summed E-state index contributed by atoms with van der Waals surface area (Å²) in [6.45, 7) is 9.66. The fraction of sp³-hybridized carbons (Fsp3) is 0.600. The Hall–Kier alpha value is -1.88. The number of nitrogens with one attached hydrogen (secondary N) is 1. The number of nitrogens with zero attached hydrogens (tertiary/aromatic N) is 1. The SMILES string of the molecule is CC(C)Cc1ccc(C(C)NC(=O)CN2C[C@@H](C)[C@H](C(=O)O)C2)cc1. The molecule has 0 bridgehead atoms. The van der Waals surface area contributed by atoms with Crippen LogP contribution in [0.4, 0.5) is 0 Å². The molecule has 1 saturated heterocycles. The van der Waals surface area contributed by atoms with Gasteiger partial charge in [0.1, 0.15) is 0 Å². The van der Waals surface area contributed by atoms with Crippen LogP contribution in [0.15, 0.2) is 24.3 Å². The second-order valence-corrected chi connectivity index (χ2v) is 7.74. The zero-order valence-electron chi connectivity index (χ0n) is 15.7. The number of hydrogen-bond donors (Lipinski definition) is 2. The highest BCUT2D eigenvalue weighted by Gasteiger charge is 2.35. The molecular formula is C20H30N2O3. The first-order valence-electron chi connectivity index (χ1n) is 9.09. The molecule has 3 atom stereocenters. The molecule has 138 valence electrons.